The highest BCUT2D eigenvalue weighted by Crippen LogP contribution is 2.40. The summed E-state index contributed by atoms with van der Waals surface area (Å²) in [5, 5.41) is 1.72. The molecule has 38 heavy (non-hydrogen) atoms. The summed E-state index contributed by atoms with van der Waals surface area (Å²) in [5.74, 6) is -0.357. The van der Waals surface area contributed by atoms with Gasteiger partial charge in [0.05, 0.1) is 28.6 Å². The number of methoxy groups -OCH3 is 1. The van der Waals surface area contributed by atoms with Crippen molar-refractivity contribution >= 4 is 61.7 Å². The number of esters is 1. The van der Waals surface area contributed by atoms with Crippen molar-refractivity contribution in [3.63, 3.8) is 0 Å². The van der Waals surface area contributed by atoms with Gasteiger partial charge < -0.3 is 9.47 Å². The average Bonchev–Trinajstić information content (AvgIpc) is 3.17. The van der Waals surface area contributed by atoms with Crippen molar-refractivity contribution in [1.82, 2.24) is 4.90 Å². The number of carbonyl (C=O) groups excluding carboxylic acids is 3. The van der Waals surface area contributed by atoms with Crippen molar-refractivity contribution in [2.24, 2.45) is 0 Å². The Labute approximate surface area is 232 Å². The molecule has 5 rings (SSSR count). The monoisotopic (exact) mass is 587 g/mol. The van der Waals surface area contributed by atoms with E-state index in [4.69, 9.17) is 9.47 Å². The normalized spacial score (nSPS) is 14.4. The third kappa shape index (κ3) is 5.23. The second-order valence-electron chi connectivity index (χ2n) is 8.70. The zero-order chi connectivity index (χ0) is 26.8. The van der Waals surface area contributed by atoms with Gasteiger partial charge in [0.1, 0.15) is 0 Å². The molecule has 1 saturated heterocycles. The number of benzene rings is 4. The third-order valence-electron chi connectivity index (χ3n) is 6.11. The Morgan fingerprint density at radius 2 is 1.74 bits per heavy atom. The minimum atomic E-state index is -0.522. The number of nitrogens with zero attached hydrogens (tertiary/aromatic N) is 1. The van der Waals surface area contributed by atoms with Crippen LogP contribution in [0, 0.1) is 6.92 Å². The fourth-order valence-electron chi connectivity index (χ4n) is 4.15. The third-order valence-corrected chi connectivity index (χ3v) is 7.61. The Bertz CT molecular complexity index is 1610. The van der Waals surface area contributed by atoms with Crippen molar-refractivity contribution in [3.8, 4) is 11.5 Å². The molecule has 190 valence electrons. The minimum Gasteiger partial charge on any atom is -0.493 e. The number of hydrogen-bond donors (Lipinski definition) is 0. The fourth-order valence-corrected chi connectivity index (χ4v) is 5.53. The molecule has 0 N–H and O–H groups in total. The summed E-state index contributed by atoms with van der Waals surface area (Å²) in [6.45, 7) is 2.12. The van der Waals surface area contributed by atoms with Crippen molar-refractivity contribution < 1.29 is 23.9 Å². The highest BCUT2D eigenvalue weighted by molar-refractivity contribution is 9.10. The van der Waals surface area contributed by atoms with Crippen LogP contribution in [-0.4, -0.2) is 29.1 Å². The van der Waals surface area contributed by atoms with Crippen LogP contribution in [0.4, 0.5) is 4.79 Å². The molecular formula is C30H22BrNO5S. The van der Waals surface area contributed by atoms with Crippen LogP contribution in [0.5, 0.6) is 11.5 Å². The molecule has 2 amide bonds. The van der Waals surface area contributed by atoms with E-state index in [1.165, 1.54) is 12.0 Å². The maximum Gasteiger partial charge on any atom is 0.343 e. The summed E-state index contributed by atoms with van der Waals surface area (Å²) >= 11 is 4.34. The molecule has 4 aromatic carbocycles. The van der Waals surface area contributed by atoms with E-state index >= 15 is 0 Å². The molecule has 6 nitrogen and oxygen atoms in total. The van der Waals surface area contributed by atoms with Crippen LogP contribution in [0.2, 0.25) is 0 Å². The summed E-state index contributed by atoms with van der Waals surface area (Å²) in [5.41, 5.74) is 2.95. The smallest absolute Gasteiger partial charge is 0.343 e. The zero-order valence-corrected chi connectivity index (χ0v) is 23.0. The number of amides is 2. The quantitative estimate of drug-likeness (QED) is 0.133. The number of rotatable bonds is 6. The number of carbonyl (C=O) groups is 3. The van der Waals surface area contributed by atoms with Crippen molar-refractivity contribution in [2.45, 2.75) is 13.5 Å². The van der Waals surface area contributed by atoms with E-state index in [9.17, 15) is 14.4 Å². The molecule has 0 unspecified atom stereocenters. The van der Waals surface area contributed by atoms with E-state index in [0.29, 0.717) is 26.3 Å². The first kappa shape index (κ1) is 25.8. The average molecular weight is 588 g/mol. The molecule has 4 aromatic rings. The number of fused-ring (bicyclic) bond motifs is 1. The molecule has 8 heteroatoms. The SMILES string of the molecule is COc1cc(/C=C2\SC(=O)N(Cc3cccc4ccccc34)C2=O)cc(Br)c1OC(=O)c1ccc(C)cc1. The first-order valence-electron chi connectivity index (χ1n) is 11.7. The van der Waals surface area contributed by atoms with Crippen molar-refractivity contribution in [2.75, 3.05) is 7.11 Å². The van der Waals surface area contributed by atoms with Crippen molar-refractivity contribution in [3.05, 3.63) is 110 Å². The summed E-state index contributed by atoms with van der Waals surface area (Å²) < 4.78 is 11.6. The number of aryl methyl sites for hydroxylation is 1. The lowest BCUT2D eigenvalue weighted by atomic mass is 10.0. The molecule has 0 radical (unpaired) electrons. The molecule has 1 aliphatic heterocycles. The van der Waals surface area contributed by atoms with Gasteiger partial charge in [0, 0.05) is 0 Å². The molecule has 1 fully saturated rings. The maximum atomic E-state index is 13.2. The summed E-state index contributed by atoms with van der Waals surface area (Å²) in [6.07, 6.45) is 1.63. The molecule has 1 heterocycles. The lowest BCUT2D eigenvalue weighted by Gasteiger charge is -2.14. The molecule has 0 spiro atoms. The highest BCUT2D eigenvalue weighted by atomic mass is 79.9. The zero-order valence-electron chi connectivity index (χ0n) is 20.6. The first-order chi connectivity index (χ1) is 18.3. The second kappa shape index (κ2) is 10.8. The van der Waals surface area contributed by atoms with Gasteiger partial charge in [-0.25, -0.2) is 4.79 Å². The molecule has 0 saturated carbocycles. The minimum absolute atomic E-state index is 0.185. The lowest BCUT2D eigenvalue weighted by Crippen LogP contribution is -2.27. The second-order valence-corrected chi connectivity index (χ2v) is 10.5. The fraction of sp³-hybridized carbons (Fsp3) is 0.100. The van der Waals surface area contributed by atoms with Crippen LogP contribution in [0.15, 0.2) is 88.2 Å². The van der Waals surface area contributed by atoms with Crippen LogP contribution in [0.25, 0.3) is 16.8 Å². The maximum absolute atomic E-state index is 13.2. The Balaban J connectivity index is 1.38. The Kier molecular flexibility index (Phi) is 7.35. The molecule has 1 aliphatic rings. The lowest BCUT2D eigenvalue weighted by molar-refractivity contribution is -0.123. The van der Waals surface area contributed by atoms with Crippen molar-refractivity contribution in [1.29, 1.82) is 0 Å². The summed E-state index contributed by atoms with van der Waals surface area (Å²) in [6, 6.07) is 24.1. The van der Waals surface area contributed by atoms with Crippen LogP contribution < -0.4 is 9.47 Å². The van der Waals surface area contributed by atoms with E-state index in [1.807, 2.05) is 61.5 Å². The van der Waals surface area contributed by atoms with Gasteiger partial charge in [0.15, 0.2) is 11.5 Å². The topological polar surface area (TPSA) is 72.9 Å². The Morgan fingerprint density at radius 3 is 2.50 bits per heavy atom. The van der Waals surface area contributed by atoms with E-state index in [1.54, 1.807) is 30.3 Å². The van der Waals surface area contributed by atoms with Crippen LogP contribution in [0.1, 0.15) is 27.0 Å². The number of halogens is 1. The Morgan fingerprint density at radius 1 is 1.00 bits per heavy atom. The van der Waals surface area contributed by atoms with Crippen LogP contribution in [-0.2, 0) is 11.3 Å². The number of hydrogen-bond acceptors (Lipinski definition) is 6. The van der Waals surface area contributed by atoms with Gasteiger partial charge >= 0.3 is 5.97 Å². The van der Waals surface area contributed by atoms with Gasteiger partial charge in [0.2, 0.25) is 0 Å². The summed E-state index contributed by atoms with van der Waals surface area (Å²) in [4.78, 5) is 40.2. The summed E-state index contributed by atoms with van der Waals surface area (Å²) in [7, 11) is 1.47. The number of thioether (sulfide) groups is 1. The van der Waals surface area contributed by atoms with Gasteiger partial charge in [-0.1, -0.05) is 60.2 Å². The number of ether oxygens (including phenoxy) is 2. The molecule has 0 bridgehead atoms. The molecule has 0 aliphatic carbocycles. The Hall–Kier alpha value is -3.88. The first-order valence-corrected chi connectivity index (χ1v) is 13.3. The number of imide groups is 1. The van der Waals surface area contributed by atoms with Crippen LogP contribution in [0.3, 0.4) is 0 Å². The van der Waals surface area contributed by atoms with E-state index < -0.39 is 5.97 Å². The molecule has 0 atom stereocenters. The highest BCUT2D eigenvalue weighted by Gasteiger charge is 2.35. The molecular weight excluding hydrogens is 566 g/mol. The van der Waals surface area contributed by atoms with E-state index in [-0.39, 0.29) is 23.4 Å². The van der Waals surface area contributed by atoms with Gasteiger partial charge in [0.25, 0.3) is 11.1 Å². The van der Waals surface area contributed by atoms with Crippen LogP contribution >= 0.6 is 27.7 Å². The standard InChI is InChI=1S/C30H22BrNO5S/c1-18-10-12-21(13-11-18)29(34)37-27-24(31)14-19(15-25(27)36-2)16-26-28(33)32(30(35)38-26)17-22-8-5-7-20-6-3-4-9-23(20)22/h3-16H,17H2,1-2H3/b26-16-. The van der Waals surface area contributed by atoms with Gasteiger partial charge in [-0.05, 0) is 86.9 Å². The predicted octanol–water partition coefficient (Wildman–Crippen LogP) is 7.38. The molecule has 0 aromatic heterocycles. The van der Waals surface area contributed by atoms with E-state index in [0.717, 1.165) is 33.7 Å². The van der Waals surface area contributed by atoms with Gasteiger partial charge in [-0.2, -0.15) is 0 Å². The van der Waals surface area contributed by atoms with Gasteiger partial charge in [-0.3, -0.25) is 14.5 Å². The largest absolute Gasteiger partial charge is 0.493 e. The van der Waals surface area contributed by atoms with E-state index in [2.05, 4.69) is 15.9 Å². The predicted molar refractivity (Wildman–Crippen MR) is 152 cm³/mol. The van der Waals surface area contributed by atoms with Gasteiger partial charge in [-0.15, -0.1) is 0 Å².